The Bertz CT molecular complexity index is 432. The summed E-state index contributed by atoms with van der Waals surface area (Å²) < 4.78 is 0.786. The SMILES string of the molecule is CC(C)CCCCCCNC(=O)c1cc(Br)ccc1O. The van der Waals surface area contributed by atoms with E-state index in [2.05, 4.69) is 35.1 Å². The van der Waals surface area contributed by atoms with Crippen molar-refractivity contribution in [2.75, 3.05) is 6.54 Å². The summed E-state index contributed by atoms with van der Waals surface area (Å²) >= 11 is 3.30. The number of nitrogens with one attached hydrogen (secondary N) is 1. The van der Waals surface area contributed by atoms with E-state index in [9.17, 15) is 9.90 Å². The Kier molecular flexibility index (Phi) is 7.67. The first kappa shape index (κ1) is 17.0. The van der Waals surface area contributed by atoms with Gasteiger partial charge in [-0.05, 0) is 30.5 Å². The van der Waals surface area contributed by atoms with Crippen LogP contribution in [0.4, 0.5) is 0 Å². The number of amides is 1. The molecule has 0 aromatic heterocycles. The molecule has 0 saturated heterocycles. The van der Waals surface area contributed by atoms with E-state index in [0.29, 0.717) is 12.1 Å². The summed E-state index contributed by atoms with van der Waals surface area (Å²) in [6.07, 6.45) is 5.88. The predicted octanol–water partition coefficient (Wildman–Crippen LogP) is 4.49. The number of phenolic OH excluding ortho intramolecular Hbond substituents is 1. The monoisotopic (exact) mass is 341 g/mol. The number of phenols is 1. The first-order valence-electron chi connectivity index (χ1n) is 7.27. The van der Waals surface area contributed by atoms with Crippen molar-refractivity contribution >= 4 is 21.8 Å². The van der Waals surface area contributed by atoms with Gasteiger partial charge in [0.1, 0.15) is 5.75 Å². The number of carbonyl (C=O) groups excluding carboxylic acids is 1. The van der Waals surface area contributed by atoms with Crippen LogP contribution < -0.4 is 5.32 Å². The van der Waals surface area contributed by atoms with E-state index in [4.69, 9.17) is 0 Å². The number of rotatable bonds is 8. The van der Waals surface area contributed by atoms with E-state index in [1.165, 1.54) is 25.3 Å². The first-order valence-corrected chi connectivity index (χ1v) is 8.06. The average molecular weight is 342 g/mol. The van der Waals surface area contributed by atoms with Gasteiger partial charge >= 0.3 is 0 Å². The molecule has 0 aliphatic heterocycles. The molecule has 2 N–H and O–H groups in total. The quantitative estimate of drug-likeness (QED) is 0.684. The molecule has 1 rings (SSSR count). The summed E-state index contributed by atoms with van der Waals surface area (Å²) in [5.41, 5.74) is 0.319. The second kappa shape index (κ2) is 9.01. The third-order valence-electron chi connectivity index (χ3n) is 3.20. The molecule has 3 nitrogen and oxygen atoms in total. The van der Waals surface area contributed by atoms with Crippen LogP contribution in [0.1, 0.15) is 56.3 Å². The van der Waals surface area contributed by atoms with Gasteiger partial charge in [-0.2, -0.15) is 0 Å². The number of carbonyl (C=O) groups is 1. The van der Waals surface area contributed by atoms with Gasteiger partial charge < -0.3 is 10.4 Å². The van der Waals surface area contributed by atoms with E-state index in [0.717, 1.165) is 23.2 Å². The Morgan fingerprint density at radius 3 is 2.65 bits per heavy atom. The molecule has 1 amide bonds. The van der Waals surface area contributed by atoms with E-state index in [1.54, 1.807) is 12.1 Å². The predicted molar refractivity (Wildman–Crippen MR) is 86.1 cm³/mol. The lowest BCUT2D eigenvalue weighted by molar-refractivity contribution is 0.0950. The summed E-state index contributed by atoms with van der Waals surface area (Å²) in [7, 11) is 0. The number of hydrogen-bond donors (Lipinski definition) is 2. The molecule has 0 radical (unpaired) electrons. The van der Waals surface area contributed by atoms with Gasteiger partial charge in [0, 0.05) is 11.0 Å². The van der Waals surface area contributed by atoms with Gasteiger partial charge in [0.2, 0.25) is 0 Å². The van der Waals surface area contributed by atoms with Gasteiger partial charge in [0.15, 0.2) is 0 Å². The van der Waals surface area contributed by atoms with Crippen LogP contribution in [0.5, 0.6) is 5.75 Å². The summed E-state index contributed by atoms with van der Waals surface area (Å²) in [6.45, 7) is 5.14. The van der Waals surface area contributed by atoms with Gasteiger partial charge in [-0.25, -0.2) is 0 Å². The zero-order valence-corrected chi connectivity index (χ0v) is 13.9. The zero-order valence-electron chi connectivity index (χ0n) is 12.3. The fourth-order valence-electron chi connectivity index (χ4n) is 2.02. The molecule has 0 spiro atoms. The van der Waals surface area contributed by atoms with E-state index in [-0.39, 0.29) is 11.7 Å². The van der Waals surface area contributed by atoms with Gasteiger partial charge in [-0.15, -0.1) is 0 Å². The topological polar surface area (TPSA) is 49.3 Å². The van der Waals surface area contributed by atoms with Crippen molar-refractivity contribution in [3.63, 3.8) is 0 Å². The van der Waals surface area contributed by atoms with Gasteiger partial charge in [-0.3, -0.25) is 4.79 Å². The maximum absolute atomic E-state index is 11.9. The summed E-state index contributed by atoms with van der Waals surface area (Å²) in [5, 5.41) is 12.5. The second-order valence-corrected chi connectivity index (χ2v) is 6.43. The minimum absolute atomic E-state index is 0.0163. The van der Waals surface area contributed by atoms with Gasteiger partial charge in [0.25, 0.3) is 5.91 Å². The highest BCUT2D eigenvalue weighted by atomic mass is 79.9. The number of aromatic hydroxyl groups is 1. The second-order valence-electron chi connectivity index (χ2n) is 5.51. The number of unbranched alkanes of at least 4 members (excludes halogenated alkanes) is 3. The van der Waals surface area contributed by atoms with Gasteiger partial charge in [0.05, 0.1) is 5.56 Å². The molecular weight excluding hydrogens is 318 g/mol. The Balaban J connectivity index is 2.22. The standard InChI is InChI=1S/C16H24BrNO2/c1-12(2)7-5-3-4-6-10-18-16(20)14-11-13(17)8-9-15(14)19/h8-9,11-12,19H,3-7,10H2,1-2H3,(H,18,20). The molecule has 1 aromatic rings. The third-order valence-corrected chi connectivity index (χ3v) is 3.69. The smallest absolute Gasteiger partial charge is 0.255 e. The summed E-state index contributed by atoms with van der Waals surface area (Å²) in [4.78, 5) is 11.9. The molecular formula is C16H24BrNO2. The van der Waals surface area contributed by atoms with Crippen LogP contribution in [-0.4, -0.2) is 17.6 Å². The van der Waals surface area contributed by atoms with E-state index in [1.807, 2.05) is 0 Å². The van der Waals surface area contributed by atoms with Crippen LogP contribution in [0, 0.1) is 5.92 Å². The maximum Gasteiger partial charge on any atom is 0.255 e. The fourth-order valence-corrected chi connectivity index (χ4v) is 2.38. The van der Waals surface area contributed by atoms with Gasteiger partial charge in [-0.1, -0.05) is 55.5 Å². The lowest BCUT2D eigenvalue weighted by atomic mass is 10.0. The van der Waals surface area contributed by atoms with Crippen LogP contribution >= 0.6 is 15.9 Å². The minimum Gasteiger partial charge on any atom is -0.507 e. The van der Waals surface area contributed by atoms with Crippen molar-refractivity contribution in [1.29, 1.82) is 0 Å². The molecule has 4 heteroatoms. The number of hydrogen-bond acceptors (Lipinski definition) is 2. The van der Waals surface area contributed by atoms with Crippen molar-refractivity contribution in [2.45, 2.75) is 46.0 Å². The first-order chi connectivity index (χ1) is 9.50. The van der Waals surface area contributed by atoms with Crippen molar-refractivity contribution in [1.82, 2.24) is 5.32 Å². The van der Waals surface area contributed by atoms with E-state index >= 15 is 0 Å². The average Bonchev–Trinajstić information content (AvgIpc) is 2.39. The van der Waals surface area contributed by atoms with Crippen LogP contribution in [0.15, 0.2) is 22.7 Å². The normalized spacial score (nSPS) is 10.8. The maximum atomic E-state index is 11.9. The van der Waals surface area contributed by atoms with E-state index < -0.39 is 0 Å². The molecule has 0 bridgehead atoms. The summed E-state index contributed by atoms with van der Waals surface area (Å²) in [5.74, 6) is 0.572. The molecule has 0 atom stereocenters. The van der Waals surface area contributed by atoms with Crippen molar-refractivity contribution in [3.05, 3.63) is 28.2 Å². The lowest BCUT2D eigenvalue weighted by Crippen LogP contribution is -2.24. The fraction of sp³-hybridized carbons (Fsp3) is 0.562. The van der Waals surface area contributed by atoms with Crippen LogP contribution in [0.2, 0.25) is 0 Å². The molecule has 0 fully saturated rings. The van der Waals surface area contributed by atoms with Crippen molar-refractivity contribution < 1.29 is 9.90 Å². The molecule has 0 unspecified atom stereocenters. The number of benzene rings is 1. The largest absolute Gasteiger partial charge is 0.507 e. The van der Waals surface area contributed by atoms with Crippen LogP contribution in [-0.2, 0) is 0 Å². The molecule has 0 heterocycles. The molecule has 1 aromatic carbocycles. The summed E-state index contributed by atoms with van der Waals surface area (Å²) in [6, 6.07) is 4.86. The Morgan fingerprint density at radius 2 is 1.95 bits per heavy atom. The van der Waals surface area contributed by atoms with Crippen LogP contribution in [0.3, 0.4) is 0 Å². The molecule has 0 aliphatic carbocycles. The lowest BCUT2D eigenvalue weighted by Gasteiger charge is -2.08. The molecule has 0 saturated carbocycles. The Labute approximate surface area is 129 Å². The zero-order chi connectivity index (χ0) is 15.0. The van der Waals surface area contributed by atoms with Crippen molar-refractivity contribution in [2.24, 2.45) is 5.92 Å². The van der Waals surface area contributed by atoms with Crippen molar-refractivity contribution in [3.8, 4) is 5.75 Å². The highest BCUT2D eigenvalue weighted by Gasteiger charge is 2.10. The molecule has 20 heavy (non-hydrogen) atoms. The molecule has 0 aliphatic rings. The van der Waals surface area contributed by atoms with Crippen LogP contribution in [0.25, 0.3) is 0 Å². The minimum atomic E-state index is -0.217. The Hall–Kier alpha value is -1.03. The third kappa shape index (κ3) is 6.42. The Morgan fingerprint density at radius 1 is 1.25 bits per heavy atom. The highest BCUT2D eigenvalue weighted by molar-refractivity contribution is 9.10. The molecule has 112 valence electrons. The highest BCUT2D eigenvalue weighted by Crippen LogP contribution is 2.21. The number of halogens is 1.